The molecule has 0 atom stereocenters. The van der Waals surface area contributed by atoms with Crippen LogP contribution in [0.15, 0.2) is 36.0 Å². The molecule has 7 nitrogen and oxygen atoms in total. The minimum absolute atomic E-state index is 0.0514. The SMILES string of the molecule is CCCCN/C=C(/C#N)C(=O)Nc1ccc([N+](=O)[O-])cc1. The predicted octanol–water partition coefficient (Wildman–Crippen LogP) is 2.33. The summed E-state index contributed by atoms with van der Waals surface area (Å²) in [6.07, 6.45) is 3.33. The fraction of sp³-hybridized carbons (Fsp3) is 0.286. The third-order valence-corrected chi connectivity index (χ3v) is 2.62. The molecule has 0 spiro atoms. The van der Waals surface area contributed by atoms with Gasteiger partial charge in [0.1, 0.15) is 11.6 Å². The van der Waals surface area contributed by atoms with Gasteiger partial charge in [-0.2, -0.15) is 5.26 Å². The number of rotatable bonds is 7. The maximum Gasteiger partial charge on any atom is 0.269 e. The van der Waals surface area contributed by atoms with Crippen LogP contribution < -0.4 is 10.6 Å². The molecule has 0 bridgehead atoms. The molecule has 1 amide bonds. The number of carbonyl (C=O) groups is 1. The Morgan fingerprint density at radius 3 is 2.62 bits per heavy atom. The van der Waals surface area contributed by atoms with Crippen LogP contribution in [0.5, 0.6) is 0 Å². The maximum absolute atomic E-state index is 11.9. The number of non-ortho nitro benzene ring substituents is 1. The number of carbonyl (C=O) groups excluding carboxylic acids is 1. The summed E-state index contributed by atoms with van der Waals surface area (Å²) in [4.78, 5) is 21.8. The van der Waals surface area contributed by atoms with Crippen molar-refractivity contribution in [1.82, 2.24) is 5.32 Å². The minimum atomic E-state index is -0.560. The van der Waals surface area contributed by atoms with Gasteiger partial charge in [-0.15, -0.1) is 0 Å². The van der Waals surface area contributed by atoms with Crippen molar-refractivity contribution in [3.05, 3.63) is 46.2 Å². The molecule has 2 N–H and O–H groups in total. The fourth-order valence-corrected chi connectivity index (χ4v) is 1.47. The fourth-order valence-electron chi connectivity index (χ4n) is 1.47. The first-order valence-electron chi connectivity index (χ1n) is 6.48. The van der Waals surface area contributed by atoms with Crippen molar-refractivity contribution >= 4 is 17.3 Å². The number of nitro groups is 1. The van der Waals surface area contributed by atoms with E-state index in [1.165, 1.54) is 30.5 Å². The molecule has 7 heteroatoms. The second-order valence-electron chi connectivity index (χ2n) is 4.24. The van der Waals surface area contributed by atoms with Crippen molar-refractivity contribution in [3.63, 3.8) is 0 Å². The summed E-state index contributed by atoms with van der Waals surface area (Å²) in [6.45, 7) is 2.73. The largest absolute Gasteiger partial charge is 0.390 e. The van der Waals surface area contributed by atoms with Crippen molar-refractivity contribution in [2.45, 2.75) is 19.8 Å². The van der Waals surface area contributed by atoms with Gasteiger partial charge < -0.3 is 10.6 Å². The average molecular weight is 288 g/mol. The molecule has 21 heavy (non-hydrogen) atoms. The summed E-state index contributed by atoms with van der Waals surface area (Å²) in [7, 11) is 0. The van der Waals surface area contributed by atoms with E-state index < -0.39 is 10.8 Å². The van der Waals surface area contributed by atoms with Crippen molar-refractivity contribution in [2.24, 2.45) is 0 Å². The van der Waals surface area contributed by atoms with Crippen molar-refractivity contribution in [3.8, 4) is 6.07 Å². The average Bonchev–Trinajstić information content (AvgIpc) is 2.47. The summed E-state index contributed by atoms with van der Waals surface area (Å²) >= 11 is 0. The van der Waals surface area contributed by atoms with Crippen LogP contribution in [0, 0.1) is 21.4 Å². The molecule has 0 aromatic heterocycles. The molecule has 1 aromatic rings. The lowest BCUT2D eigenvalue weighted by atomic mass is 10.2. The van der Waals surface area contributed by atoms with E-state index in [4.69, 9.17) is 5.26 Å². The Labute approximate surface area is 122 Å². The first kappa shape index (κ1) is 16.2. The normalized spacial score (nSPS) is 10.6. The van der Waals surface area contributed by atoms with Crippen molar-refractivity contribution in [2.75, 3.05) is 11.9 Å². The van der Waals surface area contributed by atoms with Gasteiger partial charge in [-0.1, -0.05) is 13.3 Å². The lowest BCUT2D eigenvalue weighted by Crippen LogP contribution is -2.17. The first-order valence-corrected chi connectivity index (χ1v) is 6.48. The van der Waals surface area contributed by atoms with Gasteiger partial charge in [0.25, 0.3) is 11.6 Å². The predicted molar refractivity (Wildman–Crippen MR) is 78.3 cm³/mol. The Kier molecular flexibility index (Phi) is 6.41. The molecule has 0 aliphatic rings. The third-order valence-electron chi connectivity index (χ3n) is 2.62. The lowest BCUT2D eigenvalue weighted by Gasteiger charge is -2.04. The van der Waals surface area contributed by atoms with Crippen LogP contribution in [-0.4, -0.2) is 17.4 Å². The zero-order chi connectivity index (χ0) is 15.7. The number of amides is 1. The van der Waals surface area contributed by atoms with E-state index in [2.05, 4.69) is 10.6 Å². The van der Waals surface area contributed by atoms with Crippen LogP contribution in [0.1, 0.15) is 19.8 Å². The second-order valence-corrected chi connectivity index (χ2v) is 4.24. The van der Waals surface area contributed by atoms with Crippen LogP contribution in [0.4, 0.5) is 11.4 Å². The van der Waals surface area contributed by atoms with E-state index in [-0.39, 0.29) is 11.3 Å². The molecule has 0 fully saturated rings. The smallest absolute Gasteiger partial charge is 0.269 e. The number of nitriles is 1. The molecule has 0 aliphatic heterocycles. The van der Waals surface area contributed by atoms with Gasteiger partial charge in [-0.25, -0.2) is 0 Å². The highest BCUT2D eigenvalue weighted by molar-refractivity contribution is 6.06. The highest BCUT2D eigenvalue weighted by Gasteiger charge is 2.10. The molecular weight excluding hydrogens is 272 g/mol. The molecular formula is C14H16N4O3. The Morgan fingerprint density at radius 2 is 2.10 bits per heavy atom. The molecule has 0 saturated carbocycles. The quantitative estimate of drug-likeness (QED) is 0.263. The van der Waals surface area contributed by atoms with Gasteiger partial charge in [-0.3, -0.25) is 14.9 Å². The Balaban J connectivity index is 2.65. The van der Waals surface area contributed by atoms with Crippen molar-refractivity contribution in [1.29, 1.82) is 5.26 Å². The van der Waals surface area contributed by atoms with E-state index in [9.17, 15) is 14.9 Å². The maximum atomic E-state index is 11.9. The summed E-state index contributed by atoms with van der Waals surface area (Å²) in [5, 5.41) is 24.9. The molecule has 1 aromatic carbocycles. The van der Waals surface area contributed by atoms with Crippen LogP contribution in [0.3, 0.4) is 0 Å². The van der Waals surface area contributed by atoms with E-state index in [1.807, 2.05) is 6.92 Å². The number of nitrogens with one attached hydrogen (secondary N) is 2. The standard InChI is InChI=1S/C14H16N4O3/c1-2-3-8-16-10-11(9-15)14(19)17-12-4-6-13(7-5-12)18(20)21/h4-7,10,16H,2-3,8H2,1H3,(H,17,19)/b11-10-. The second kappa shape index (κ2) is 8.32. The number of nitro benzene ring substituents is 1. The highest BCUT2D eigenvalue weighted by atomic mass is 16.6. The van der Waals surface area contributed by atoms with Crippen LogP contribution >= 0.6 is 0 Å². The van der Waals surface area contributed by atoms with E-state index in [0.29, 0.717) is 12.2 Å². The molecule has 110 valence electrons. The molecule has 0 unspecified atom stereocenters. The molecule has 1 rings (SSSR count). The zero-order valence-electron chi connectivity index (χ0n) is 11.6. The topological polar surface area (TPSA) is 108 Å². The number of hydrogen-bond donors (Lipinski definition) is 2. The van der Waals surface area contributed by atoms with Gasteiger partial charge in [0.15, 0.2) is 0 Å². The summed E-state index contributed by atoms with van der Waals surface area (Å²) in [5.41, 5.74) is 0.273. The van der Waals surface area contributed by atoms with Crippen LogP contribution in [-0.2, 0) is 4.79 Å². The molecule has 0 saturated heterocycles. The minimum Gasteiger partial charge on any atom is -0.390 e. The number of benzene rings is 1. The molecule has 0 heterocycles. The van der Waals surface area contributed by atoms with Crippen LogP contribution in [0.25, 0.3) is 0 Å². The molecule has 0 radical (unpaired) electrons. The zero-order valence-corrected chi connectivity index (χ0v) is 11.6. The van der Waals surface area contributed by atoms with Crippen LogP contribution in [0.2, 0.25) is 0 Å². The lowest BCUT2D eigenvalue weighted by molar-refractivity contribution is -0.384. The number of anilines is 1. The summed E-state index contributed by atoms with van der Waals surface area (Å²) in [5.74, 6) is -0.560. The van der Waals surface area contributed by atoms with Gasteiger partial charge in [0.05, 0.1) is 4.92 Å². The Hall–Kier alpha value is -2.88. The van der Waals surface area contributed by atoms with Gasteiger partial charge in [0, 0.05) is 30.6 Å². The molecule has 0 aliphatic carbocycles. The van der Waals surface area contributed by atoms with E-state index in [0.717, 1.165) is 12.8 Å². The number of unbranched alkanes of at least 4 members (excludes halogenated alkanes) is 1. The van der Waals surface area contributed by atoms with Gasteiger partial charge >= 0.3 is 0 Å². The van der Waals surface area contributed by atoms with Gasteiger partial charge in [0.2, 0.25) is 0 Å². The highest BCUT2D eigenvalue weighted by Crippen LogP contribution is 2.15. The first-order chi connectivity index (χ1) is 10.1. The summed E-state index contributed by atoms with van der Waals surface area (Å²) < 4.78 is 0. The Bertz CT molecular complexity index is 573. The number of hydrogen-bond acceptors (Lipinski definition) is 5. The third kappa shape index (κ3) is 5.32. The number of nitrogens with zero attached hydrogens (tertiary/aromatic N) is 2. The Morgan fingerprint density at radius 1 is 1.43 bits per heavy atom. The van der Waals surface area contributed by atoms with Gasteiger partial charge in [-0.05, 0) is 18.6 Å². The monoisotopic (exact) mass is 288 g/mol. The van der Waals surface area contributed by atoms with Crippen molar-refractivity contribution < 1.29 is 9.72 Å². The van der Waals surface area contributed by atoms with E-state index in [1.54, 1.807) is 6.07 Å². The summed E-state index contributed by atoms with van der Waals surface area (Å²) in [6, 6.07) is 7.20. The van der Waals surface area contributed by atoms with E-state index >= 15 is 0 Å².